The highest BCUT2D eigenvalue weighted by molar-refractivity contribution is 5.30. The van der Waals surface area contributed by atoms with Crippen LogP contribution < -0.4 is 0 Å². The molecule has 0 aromatic heterocycles. The van der Waals surface area contributed by atoms with Gasteiger partial charge in [-0.3, -0.25) is 5.26 Å². The van der Waals surface area contributed by atoms with Gasteiger partial charge in [-0.25, -0.2) is 4.89 Å². The van der Waals surface area contributed by atoms with Crippen molar-refractivity contribution in [2.75, 3.05) is 0 Å². The standard InChI is InChI=1S/C27H39O2/c1-19-3-7-21(8-4-19)23-11-15-25(16-12-23)27(29-28)26-17-13-24(14-18-26)22-9-5-20(2)6-10-22/h11-12,15-16,20-21,24,27-28H,3-10,13-14,17-18H2,1-2H3. The first kappa shape index (κ1) is 21.4. The van der Waals surface area contributed by atoms with E-state index in [1.807, 2.05) is 5.92 Å². The van der Waals surface area contributed by atoms with Crippen LogP contribution in [0.1, 0.15) is 114 Å². The average Bonchev–Trinajstić information content (AvgIpc) is 2.76. The summed E-state index contributed by atoms with van der Waals surface area (Å²) in [7, 11) is 0. The number of hydrogen-bond donors (Lipinski definition) is 1. The number of hydrogen-bond acceptors (Lipinski definition) is 2. The summed E-state index contributed by atoms with van der Waals surface area (Å²) in [6, 6.07) is 8.94. The van der Waals surface area contributed by atoms with E-state index in [-0.39, 0.29) is 6.10 Å². The SMILES string of the molecule is C[C]1CCC(c2ccc(C(OO)[C]3CCC([C]4CCC(C)CC4)CC3)cc2)CC1. The lowest BCUT2D eigenvalue weighted by Crippen LogP contribution is -2.26. The van der Waals surface area contributed by atoms with Gasteiger partial charge in [-0.1, -0.05) is 51.0 Å². The predicted octanol–water partition coefficient (Wildman–Crippen LogP) is 8.02. The fraction of sp³-hybridized carbons (Fsp3) is 0.667. The quantitative estimate of drug-likeness (QED) is 0.404. The molecule has 3 radical (unpaired) electrons. The zero-order valence-corrected chi connectivity index (χ0v) is 18.5. The Morgan fingerprint density at radius 2 is 1.38 bits per heavy atom. The van der Waals surface area contributed by atoms with Crippen LogP contribution in [-0.2, 0) is 4.89 Å². The highest BCUT2D eigenvalue weighted by Crippen LogP contribution is 2.47. The first-order valence-corrected chi connectivity index (χ1v) is 12.0. The Morgan fingerprint density at radius 3 is 1.97 bits per heavy atom. The van der Waals surface area contributed by atoms with Crippen molar-refractivity contribution < 1.29 is 10.1 Å². The Labute approximate surface area is 178 Å². The predicted molar refractivity (Wildman–Crippen MR) is 119 cm³/mol. The van der Waals surface area contributed by atoms with Gasteiger partial charge in [0, 0.05) is 5.92 Å². The van der Waals surface area contributed by atoms with E-state index in [2.05, 4.69) is 38.1 Å². The third-order valence-corrected chi connectivity index (χ3v) is 8.15. The molecule has 1 N–H and O–H groups in total. The molecule has 4 rings (SSSR count). The zero-order valence-electron chi connectivity index (χ0n) is 18.5. The summed E-state index contributed by atoms with van der Waals surface area (Å²) in [5, 5.41) is 9.69. The van der Waals surface area contributed by atoms with Gasteiger partial charge in [0.05, 0.1) is 0 Å². The van der Waals surface area contributed by atoms with Crippen LogP contribution in [-0.4, -0.2) is 5.26 Å². The summed E-state index contributed by atoms with van der Waals surface area (Å²) in [5.74, 6) is 7.27. The van der Waals surface area contributed by atoms with Gasteiger partial charge >= 0.3 is 0 Å². The van der Waals surface area contributed by atoms with Crippen LogP contribution in [0.15, 0.2) is 24.3 Å². The second kappa shape index (κ2) is 9.96. The highest BCUT2D eigenvalue weighted by atomic mass is 17.1. The largest absolute Gasteiger partial charge is 0.251 e. The van der Waals surface area contributed by atoms with Crippen molar-refractivity contribution in [3.05, 3.63) is 53.1 Å². The first-order valence-electron chi connectivity index (χ1n) is 12.0. The molecule has 2 nitrogen and oxygen atoms in total. The molecule has 1 unspecified atom stereocenters. The lowest BCUT2D eigenvalue weighted by atomic mass is 9.68. The smallest absolute Gasteiger partial charge is 0.124 e. The van der Waals surface area contributed by atoms with Crippen molar-refractivity contribution >= 4 is 0 Å². The minimum atomic E-state index is -0.247. The van der Waals surface area contributed by atoms with Gasteiger partial charge in [-0.05, 0) is 105 Å². The summed E-state index contributed by atoms with van der Waals surface area (Å²) in [6.07, 6.45) is 15.0. The fourth-order valence-corrected chi connectivity index (χ4v) is 5.96. The summed E-state index contributed by atoms with van der Waals surface area (Å²) in [6.45, 7) is 4.69. The molecule has 3 aliphatic rings. The molecule has 0 saturated heterocycles. The van der Waals surface area contributed by atoms with Crippen LogP contribution in [0.25, 0.3) is 0 Å². The first-order chi connectivity index (χ1) is 14.1. The maximum absolute atomic E-state index is 9.69. The van der Waals surface area contributed by atoms with Crippen molar-refractivity contribution in [3.8, 4) is 0 Å². The van der Waals surface area contributed by atoms with E-state index in [4.69, 9.17) is 4.89 Å². The molecule has 0 heterocycles. The molecular formula is C27H39O2. The molecule has 3 aliphatic carbocycles. The third kappa shape index (κ3) is 5.25. The maximum Gasteiger partial charge on any atom is 0.124 e. The van der Waals surface area contributed by atoms with Crippen LogP contribution in [0.5, 0.6) is 0 Å². The minimum absolute atomic E-state index is 0.247. The van der Waals surface area contributed by atoms with Gasteiger partial charge in [-0.2, -0.15) is 0 Å². The zero-order chi connectivity index (χ0) is 20.2. The maximum atomic E-state index is 9.69. The molecule has 1 atom stereocenters. The van der Waals surface area contributed by atoms with Gasteiger partial charge in [0.25, 0.3) is 0 Å². The normalized spacial score (nSPS) is 26.0. The lowest BCUT2D eigenvalue weighted by molar-refractivity contribution is -0.278. The van der Waals surface area contributed by atoms with Crippen LogP contribution in [0.4, 0.5) is 0 Å². The van der Waals surface area contributed by atoms with Crippen molar-refractivity contribution in [1.82, 2.24) is 0 Å². The van der Waals surface area contributed by atoms with Gasteiger partial charge in [0.1, 0.15) is 6.10 Å². The second-order valence-corrected chi connectivity index (χ2v) is 10.2. The summed E-state index contributed by atoms with van der Waals surface area (Å²) < 4.78 is 0. The van der Waals surface area contributed by atoms with E-state index >= 15 is 0 Å². The minimum Gasteiger partial charge on any atom is -0.251 e. The summed E-state index contributed by atoms with van der Waals surface area (Å²) in [4.78, 5) is 5.02. The van der Waals surface area contributed by atoms with Crippen LogP contribution in [0, 0.1) is 29.6 Å². The second-order valence-electron chi connectivity index (χ2n) is 10.2. The van der Waals surface area contributed by atoms with E-state index in [0.717, 1.165) is 30.2 Å². The van der Waals surface area contributed by atoms with Gasteiger partial charge < -0.3 is 0 Å². The van der Waals surface area contributed by atoms with Gasteiger partial charge in [-0.15, -0.1) is 0 Å². The molecule has 0 bridgehead atoms. The molecule has 29 heavy (non-hydrogen) atoms. The van der Waals surface area contributed by atoms with Crippen LogP contribution in [0.2, 0.25) is 0 Å². The van der Waals surface area contributed by atoms with Crippen molar-refractivity contribution in [2.45, 2.75) is 103 Å². The molecule has 1 aromatic rings. The van der Waals surface area contributed by atoms with E-state index in [9.17, 15) is 5.26 Å². The molecule has 2 heteroatoms. The Kier molecular flexibility index (Phi) is 7.34. The molecule has 0 spiro atoms. The Morgan fingerprint density at radius 1 is 0.793 bits per heavy atom. The monoisotopic (exact) mass is 395 g/mol. The molecule has 159 valence electrons. The summed E-state index contributed by atoms with van der Waals surface area (Å²) in [5.41, 5.74) is 2.57. The van der Waals surface area contributed by atoms with Crippen LogP contribution in [0.3, 0.4) is 0 Å². The highest BCUT2D eigenvalue weighted by Gasteiger charge is 2.34. The number of benzene rings is 1. The Hall–Kier alpha value is -0.860. The van der Waals surface area contributed by atoms with E-state index < -0.39 is 0 Å². The van der Waals surface area contributed by atoms with Crippen molar-refractivity contribution in [2.24, 2.45) is 11.8 Å². The molecule has 3 fully saturated rings. The lowest BCUT2D eigenvalue weighted by Gasteiger charge is -2.38. The molecule has 1 aromatic carbocycles. The third-order valence-electron chi connectivity index (χ3n) is 8.15. The van der Waals surface area contributed by atoms with Crippen molar-refractivity contribution in [3.63, 3.8) is 0 Å². The van der Waals surface area contributed by atoms with E-state index in [1.165, 1.54) is 75.7 Å². The summed E-state index contributed by atoms with van der Waals surface area (Å²) >= 11 is 0. The molecule has 3 saturated carbocycles. The van der Waals surface area contributed by atoms with E-state index in [1.54, 1.807) is 5.92 Å². The fourth-order valence-electron chi connectivity index (χ4n) is 5.96. The molecular weight excluding hydrogens is 356 g/mol. The van der Waals surface area contributed by atoms with E-state index in [0.29, 0.717) is 5.92 Å². The van der Waals surface area contributed by atoms with Crippen molar-refractivity contribution in [1.29, 1.82) is 0 Å². The Balaban J connectivity index is 1.32. The number of rotatable bonds is 5. The molecule has 0 aliphatic heterocycles. The van der Waals surface area contributed by atoms with Gasteiger partial charge in [0.15, 0.2) is 0 Å². The Bertz CT molecular complexity index is 600. The average molecular weight is 396 g/mol. The van der Waals surface area contributed by atoms with Gasteiger partial charge in [0.2, 0.25) is 0 Å². The molecule has 0 amide bonds. The van der Waals surface area contributed by atoms with Crippen LogP contribution >= 0.6 is 0 Å². The topological polar surface area (TPSA) is 29.5 Å².